The molecule has 1 aromatic carbocycles. The van der Waals surface area contributed by atoms with Gasteiger partial charge in [0.25, 0.3) is 0 Å². The molecule has 0 amide bonds. The molecule has 1 heterocycles. The monoisotopic (exact) mass is 262 g/mol. The fourth-order valence-corrected chi connectivity index (χ4v) is 2.20. The van der Waals surface area contributed by atoms with Gasteiger partial charge in [-0.2, -0.15) is 0 Å². The van der Waals surface area contributed by atoms with Gasteiger partial charge in [0.05, 0.1) is 12.7 Å². The van der Waals surface area contributed by atoms with Crippen molar-refractivity contribution in [1.29, 1.82) is 0 Å². The Labute approximate surface area is 111 Å². The molecule has 0 saturated carbocycles. The summed E-state index contributed by atoms with van der Waals surface area (Å²) in [4.78, 5) is 12.6. The number of para-hydroxylation sites is 1. The molecule has 0 saturated heterocycles. The highest BCUT2D eigenvalue weighted by Crippen LogP contribution is 2.21. The summed E-state index contributed by atoms with van der Waals surface area (Å²) in [6.07, 6.45) is 1.72. The molecule has 0 aliphatic heterocycles. The largest absolute Gasteiger partial charge is 0.481 e. The molecule has 19 heavy (non-hydrogen) atoms. The highest BCUT2D eigenvalue weighted by molar-refractivity contribution is 5.80. The van der Waals surface area contributed by atoms with Gasteiger partial charge in [-0.05, 0) is 13.1 Å². The molecule has 5 heteroatoms. The lowest BCUT2D eigenvalue weighted by Gasteiger charge is -2.19. The van der Waals surface area contributed by atoms with E-state index in [-0.39, 0.29) is 12.5 Å². The Morgan fingerprint density at radius 1 is 1.47 bits per heavy atom. The normalized spacial score (nSPS) is 13.0. The van der Waals surface area contributed by atoms with Crippen LogP contribution in [0.2, 0.25) is 0 Å². The van der Waals surface area contributed by atoms with E-state index in [1.807, 2.05) is 36.2 Å². The van der Waals surface area contributed by atoms with E-state index in [4.69, 9.17) is 15.3 Å². The number of carboxylic acid groups (broad SMARTS) is 1. The van der Waals surface area contributed by atoms with Crippen molar-refractivity contribution in [3.05, 3.63) is 36.1 Å². The van der Waals surface area contributed by atoms with E-state index in [1.54, 1.807) is 6.26 Å². The second-order valence-corrected chi connectivity index (χ2v) is 4.81. The van der Waals surface area contributed by atoms with Crippen LogP contribution in [0.5, 0.6) is 0 Å². The van der Waals surface area contributed by atoms with Crippen molar-refractivity contribution in [1.82, 2.24) is 4.90 Å². The minimum atomic E-state index is -0.866. The minimum Gasteiger partial charge on any atom is -0.481 e. The summed E-state index contributed by atoms with van der Waals surface area (Å²) in [6, 6.07) is 7.48. The average molecular weight is 262 g/mol. The average Bonchev–Trinajstić information content (AvgIpc) is 2.71. The van der Waals surface area contributed by atoms with E-state index in [1.165, 1.54) is 0 Å². The van der Waals surface area contributed by atoms with Crippen molar-refractivity contribution in [2.75, 3.05) is 13.6 Å². The number of nitrogens with zero attached hydrogens (tertiary/aromatic N) is 1. The van der Waals surface area contributed by atoms with Crippen LogP contribution in [-0.2, 0) is 11.3 Å². The Morgan fingerprint density at radius 2 is 2.21 bits per heavy atom. The highest BCUT2D eigenvalue weighted by atomic mass is 16.4. The molecule has 1 atom stereocenters. The van der Waals surface area contributed by atoms with Gasteiger partial charge in [-0.1, -0.05) is 18.2 Å². The first-order chi connectivity index (χ1) is 9.06. The molecular weight excluding hydrogens is 244 g/mol. The van der Waals surface area contributed by atoms with E-state index in [9.17, 15) is 4.79 Å². The van der Waals surface area contributed by atoms with Crippen molar-refractivity contribution in [2.45, 2.75) is 19.0 Å². The molecule has 0 fully saturated rings. The van der Waals surface area contributed by atoms with Gasteiger partial charge in [0.1, 0.15) is 5.58 Å². The Bertz CT molecular complexity index is 565. The summed E-state index contributed by atoms with van der Waals surface area (Å²) in [5, 5.41) is 9.77. The third-order valence-corrected chi connectivity index (χ3v) is 2.98. The van der Waals surface area contributed by atoms with Crippen LogP contribution in [0.1, 0.15) is 12.0 Å². The van der Waals surface area contributed by atoms with Gasteiger partial charge in [-0.15, -0.1) is 0 Å². The molecule has 0 radical (unpaired) electrons. The molecule has 102 valence electrons. The first kappa shape index (κ1) is 13.6. The van der Waals surface area contributed by atoms with Crippen molar-refractivity contribution in [3.63, 3.8) is 0 Å². The SMILES string of the molecule is CN(Cc1coc2ccccc12)CC(N)CC(=O)O. The molecule has 0 aliphatic rings. The number of carbonyl (C=O) groups is 1. The van der Waals surface area contributed by atoms with Crippen molar-refractivity contribution < 1.29 is 14.3 Å². The molecule has 1 unspecified atom stereocenters. The van der Waals surface area contributed by atoms with Crippen LogP contribution in [-0.4, -0.2) is 35.6 Å². The topological polar surface area (TPSA) is 79.7 Å². The number of benzene rings is 1. The maximum atomic E-state index is 10.6. The Balaban J connectivity index is 1.99. The first-order valence-electron chi connectivity index (χ1n) is 6.17. The molecule has 5 nitrogen and oxygen atoms in total. The number of carboxylic acids is 1. The Hall–Kier alpha value is -1.85. The Kier molecular flexibility index (Phi) is 4.19. The van der Waals surface area contributed by atoms with Gasteiger partial charge >= 0.3 is 5.97 Å². The molecule has 2 rings (SSSR count). The quantitative estimate of drug-likeness (QED) is 0.827. The number of aliphatic carboxylic acids is 1. The Morgan fingerprint density at radius 3 is 2.95 bits per heavy atom. The lowest BCUT2D eigenvalue weighted by molar-refractivity contribution is -0.137. The third-order valence-electron chi connectivity index (χ3n) is 2.98. The van der Waals surface area contributed by atoms with Gasteiger partial charge in [0.2, 0.25) is 0 Å². The van der Waals surface area contributed by atoms with Crippen LogP contribution >= 0.6 is 0 Å². The van der Waals surface area contributed by atoms with Crippen LogP contribution in [0, 0.1) is 0 Å². The minimum absolute atomic E-state index is 0.0174. The number of furan rings is 1. The smallest absolute Gasteiger partial charge is 0.304 e. The molecule has 1 aromatic heterocycles. The molecule has 2 aromatic rings. The number of nitrogens with two attached hydrogens (primary N) is 1. The number of hydrogen-bond acceptors (Lipinski definition) is 4. The molecular formula is C14H18N2O3. The standard InChI is InChI=1S/C14H18N2O3/c1-16(8-11(15)6-14(17)18)7-10-9-19-13-5-3-2-4-12(10)13/h2-5,9,11H,6-8,15H2,1H3,(H,17,18). The summed E-state index contributed by atoms with van der Waals surface area (Å²) < 4.78 is 5.47. The summed E-state index contributed by atoms with van der Waals surface area (Å²) in [7, 11) is 1.92. The van der Waals surface area contributed by atoms with Crippen LogP contribution in [0.3, 0.4) is 0 Å². The van der Waals surface area contributed by atoms with Crippen LogP contribution in [0.4, 0.5) is 0 Å². The van der Waals surface area contributed by atoms with Crippen molar-refractivity contribution in [3.8, 4) is 0 Å². The van der Waals surface area contributed by atoms with Gasteiger partial charge < -0.3 is 20.2 Å². The van der Waals surface area contributed by atoms with Gasteiger partial charge in [0.15, 0.2) is 0 Å². The maximum Gasteiger partial charge on any atom is 0.304 e. The number of rotatable bonds is 6. The summed E-state index contributed by atoms with van der Waals surface area (Å²) >= 11 is 0. The fraction of sp³-hybridized carbons (Fsp3) is 0.357. The fourth-order valence-electron chi connectivity index (χ4n) is 2.20. The van der Waals surface area contributed by atoms with Crippen LogP contribution < -0.4 is 5.73 Å². The van der Waals surface area contributed by atoms with E-state index in [0.717, 1.165) is 16.5 Å². The highest BCUT2D eigenvalue weighted by Gasteiger charge is 2.13. The van der Waals surface area contributed by atoms with E-state index < -0.39 is 5.97 Å². The first-order valence-corrected chi connectivity index (χ1v) is 6.17. The maximum absolute atomic E-state index is 10.6. The van der Waals surface area contributed by atoms with Gasteiger partial charge in [0, 0.05) is 30.1 Å². The van der Waals surface area contributed by atoms with E-state index in [2.05, 4.69) is 0 Å². The lowest BCUT2D eigenvalue weighted by Crippen LogP contribution is -2.36. The lowest BCUT2D eigenvalue weighted by atomic mass is 10.1. The van der Waals surface area contributed by atoms with Gasteiger partial charge in [-0.25, -0.2) is 0 Å². The predicted octanol–water partition coefficient (Wildman–Crippen LogP) is 1.67. The van der Waals surface area contributed by atoms with E-state index >= 15 is 0 Å². The second kappa shape index (κ2) is 5.86. The van der Waals surface area contributed by atoms with Crippen molar-refractivity contribution >= 4 is 16.9 Å². The summed E-state index contributed by atoms with van der Waals surface area (Å²) in [5.74, 6) is -0.866. The van der Waals surface area contributed by atoms with Crippen molar-refractivity contribution in [2.24, 2.45) is 5.73 Å². The predicted molar refractivity (Wildman–Crippen MR) is 72.8 cm³/mol. The zero-order valence-corrected chi connectivity index (χ0v) is 10.9. The number of fused-ring (bicyclic) bond motifs is 1. The van der Waals surface area contributed by atoms with Crippen LogP contribution in [0.25, 0.3) is 11.0 Å². The zero-order chi connectivity index (χ0) is 13.8. The molecule has 0 bridgehead atoms. The van der Waals surface area contributed by atoms with Gasteiger partial charge in [-0.3, -0.25) is 4.79 Å². The summed E-state index contributed by atoms with van der Waals surface area (Å²) in [5.41, 5.74) is 7.72. The second-order valence-electron chi connectivity index (χ2n) is 4.81. The zero-order valence-electron chi connectivity index (χ0n) is 10.9. The molecule has 0 spiro atoms. The summed E-state index contributed by atoms with van der Waals surface area (Å²) in [6.45, 7) is 1.22. The van der Waals surface area contributed by atoms with Crippen LogP contribution in [0.15, 0.2) is 34.9 Å². The van der Waals surface area contributed by atoms with E-state index in [0.29, 0.717) is 13.1 Å². The number of hydrogen-bond donors (Lipinski definition) is 2. The molecule has 3 N–H and O–H groups in total. The molecule has 0 aliphatic carbocycles. The number of likely N-dealkylation sites (N-methyl/N-ethyl adjacent to an activating group) is 1. The third kappa shape index (κ3) is 3.56.